The number of likely N-dealkylation sites (N-methyl/N-ethyl adjacent to an activating group) is 1. The van der Waals surface area contributed by atoms with Crippen molar-refractivity contribution in [3.8, 4) is 10.6 Å². The third-order valence-electron chi connectivity index (χ3n) is 4.04. The van der Waals surface area contributed by atoms with E-state index in [4.69, 9.17) is 0 Å². The van der Waals surface area contributed by atoms with Crippen molar-refractivity contribution >= 4 is 28.6 Å². The molecule has 0 spiro atoms. The molecule has 3 heterocycles. The first-order valence-electron chi connectivity index (χ1n) is 7.89. The number of nitrogens with one attached hydrogen (secondary N) is 1. The molecule has 0 saturated carbocycles. The summed E-state index contributed by atoms with van der Waals surface area (Å²) in [5.41, 5.74) is 1.62. The summed E-state index contributed by atoms with van der Waals surface area (Å²) in [4.78, 5) is 21.4. The zero-order valence-electron chi connectivity index (χ0n) is 13.3. The lowest BCUT2D eigenvalue weighted by Gasteiger charge is -2.32. The van der Waals surface area contributed by atoms with Crippen LogP contribution in [0.15, 0.2) is 22.2 Å². The van der Waals surface area contributed by atoms with E-state index in [1.165, 1.54) is 11.3 Å². The van der Waals surface area contributed by atoms with E-state index >= 15 is 0 Å². The number of carbonyl (C=O) groups excluding carboxylic acids is 1. The second kappa shape index (κ2) is 8.01. The van der Waals surface area contributed by atoms with Crippen LogP contribution in [0.3, 0.4) is 0 Å². The van der Waals surface area contributed by atoms with Crippen LogP contribution in [0, 0.1) is 0 Å². The Morgan fingerprint density at radius 3 is 2.87 bits per heavy atom. The van der Waals surface area contributed by atoms with Crippen molar-refractivity contribution < 1.29 is 4.79 Å². The number of carbonyl (C=O) groups is 1. The molecule has 23 heavy (non-hydrogen) atoms. The molecule has 1 aliphatic rings. The third-order valence-corrected chi connectivity index (χ3v) is 5.61. The highest BCUT2D eigenvalue weighted by Crippen LogP contribution is 2.25. The van der Waals surface area contributed by atoms with E-state index in [-0.39, 0.29) is 5.91 Å². The summed E-state index contributed by atoms with van der Waals surface area (Å²) in [7, 11) is 2.16. The number of piperazine rings is 1. The molecule has 1 N–H and O–H groups in total. The lowest BCUT2D eigenvalue weighted by Crippen LogP contribution is -2.45. The third kappa shape index (κ3) is 4.60. The van der Waals surface area contributed by atoms with Gasteiger partial charge in [0.2, 0.25) is 0 Å². The van der Waals surface area contributed by atoms with Crippen LogP contribution in [0.5, 0.6) is 0 Å². The first-order valence-corrected chi connectivity index (χ1v) is 9.72. The number of thiophene rings is 1. The number of aromatic nitrogens is 1. The van der Waals surface area contributed by atoms with Gasteiger partial charge in [0.15, 0.2) is 0 Å². The minimum absolute atomic E-state index is 0.0684. The Kier molecular flexibility index (Phi) is 5.77. The molecule has 5 nitrogen and oxygen atoms in total. The van der Waals surface area contributed by atoms with Crippen LogP contribution in [0.1, 0.15) is 16.9 Å². The summed E-state index contributed by atoms with van der Waals surface area (Å²) in [6.45, 7) is 6.27. The standard InChI is InChI=1S/C16H22N4OS2/c1-19-6-8-20(9-7-19)5-2-4-17-15(21)14-12-23-16(18-14)13-3-10-22-11-13/h3,10-12H,2,4-9H2,1H3,(H,17,21). The molecule has 0 bridgehead atoms. The van der Waals surface area contributed by atoms with Gasteiger partial charge in [0.25, 0.3) is 5.91 Å². The van der Waals surface area contributed by atoms with Gasteiger partial charge in [0.1, 0.15) is 10.7 Å². The summed E-state index contributed by atoms with van der Waals surface area (Å²) in [5.74, 6) is -0.0684. The van der Waals surface area contributed by atoms with Gasteiger partial charge in [0.05, 0.1) is 0 Å². The maximum atomic E-state index is 12.1. The van der Waals surface area contributed by atoms with Crippen LogP contribution in [0.25, 0.3) is 10.6 Å². The van der Waals surface area contributed by atoms with Crippen LogP contribution in [-0.4, -0.2) is 67.0 Å². The zero-order chi connectivity index (χ0) is 16.1. The molecule has 2 aromatic rings. The molecule has 124 valence electrons. The molecule has 3 rings (SSSR count). The molecule has 0 unspecified atom stereocenters. The van der Waals surface area contributed by atoms with Gasteiger partial charge in [-0.15, -0.1) is 11.3 Å². The second-order valence-corrected chi connectivity index (χ2v) is 7.44. The molecular weight excluding hydrogens is 328 g/mol. The van der Waals surface area contributed by atoms with Crippen LogP contribution in [0.2, 0.25) is 0 Å². The van der Waals surface area contributed by atoms with Gasteiger partial charge in [-0.05, 0) is 31.5 Å². The highest BCUT2D eigenvalue weighted by molar-refractivity contribution is 7.14. The molecular formula is C16H22N4OS2. The molecule has 1 amide bonds. The highest BCUT2D eigenvalue weighted by atomic mass is 32.1. The smallest absolute Gasteiger partial charge is 0.270 e. The first kappa shape index (κ1) is 16.6. The molecule has 1 fully saturated rings. The van der Waals surface area contributed by atoms with Gasteiger partial charge in [-0.1, -0.05) is 0 Å². The highest BCUT2D eigenvalue weighted by Gasteiger charge is 2.14. The van der Waals surface area contributed by atoms with Crippen molar-refractivity contribution in [1.29, 1.82) is 0 Å². The quantitative estimate of drug-likeness (QED) is 0.812. The predicted octanol–water partition coefficient (Wildman–Crippen LogP) is 2.24. The number of hydrogen-bond acceptors (Lipinski definition) is 6. The average Bonchev–Trinajstić information content (AvgIpc) is 3.23. The Balaban J connectivity index is 1.40. The summed E-state index contributed by atoms with van der Waals surface area (Å²) in [6, 6.07) is 2.03. The van der Waals surface area contributed by atoms with Gasteiger partial charge in [-0.25, -0.2) is 4.98 Å². The summed E-state index contributed by atoms with van der Waals surface area (Å²) in [5, 5.41) is 9.80. The van der Waals surface area contributed by atoms with Crippen molar-refractivity contribution in [2.45, 2.75) is 6.42 Å². The Bertz CT molecular complexity index is 618. The minimum Gasteiger partial charge on any atom is -0.351 e. The monoisotopic (exact) mass is 350 g/mol. The van der Waals surface area contributed by atoms with Crippen molar-refractivity contribution in [2.24, 2.45) is 0 Å². The lowest BCUT2D eigenvalue weighted by molar-refractivity contribution is 0.0945. The second-order valence-electron chi connectivity index (χ2n) is 5.80. The number of nitrogens with zero attached hydrogens (tertiary/aromatic N) is 3. The van der Waals surface area contributed by atoms with E-state index in [9.17, 15) is 4.79 Å². The molecule has 2 aromatic heterocycles. The van der Waals surface area contributed by atoms with E-state index in [0.717, 1.165) is 49.7 Å². The molecule has 1 aliphatic heterocycles. The van der Waals surface area contributed by atoms with Gasteiger partial charge in [-0.3, -0.25) is 4.79 Å². The Labute approximate surface area is 144 Å². The van der Waals surface area contributed by atoms with Crippen molar-refractivity contribution in [2.75, 3.05) is 46.3 Å². The molecule has 0 atom stereocenters. The van der Waals surface area contributed by atoms with E-state index < -0.39 is 0 Å². The topological polar surface area (TPSA) is 48.5 Å². The fourth-order valence-electron chi connectivity index (χ4n) is 2.56. The number of thiazole rings is 1. The average molecular weight is 351 g/mol. The Morgan fingerprint density at radius 1 is 1.30 bits per heavy atom. The summed E-state index contributed by atoms with van der Waals surface area (Å²) < 4.78 is 0. The molecule has 0 aliphatic carbocycles. The van der Waals surface area contributed by atoms with Gasteiger partial charge in [-0.2, -0.15) is 11.3 Å². The van der Waals surface area contributed by atoms with Gasteiger partial charge >= 0.3 is 0 Å². The first-order chi connectivity index (χ1) is 11.2. The number of amides is 1. The Morgan fingerprint density at radius 2 is 2.13 bits per heavy atom. The maximum absolute atomic E-state index is 12.1. The fraction of sp³-hybridized carbons (Fsp3) is 0.500. The van der Waals surface area contributed by atoms with Crippen molar-refractivity contribution in [1.82, 2.24) is 20.1 Å². The van der Waals surface area contributed by atoms with Crippen LogP contribution in [-0.2, 0) is 0 Å². The van der Waals surface area contributed by atoms with E-state index in [1.807, 2.05) is 16.8 Å². The molecule has 7 heteroatoms. The van der Waals surface area contributed by atoms with E-state index in [1.54, 1.807) is 11.3 Å². The van der Waals surface area contributed by atoms with Gasteiger partial charge in [0, 0.05) is 49.0 Å². The Hall–Kier alpha value is -1.28. The predicted molar refractivity (Wildman–Crippen MR) is 96.3 cm³/mol. The normalized spacial score (nSPS) is 16.6. The van der Waals surface area contributed by atoms with Crippen LogP contribution in [0.4, 0.5) is 0 Å². The summed E-state index contributed by atoms with van der Waals surface area (Å²) in [6.07, 6.45) is 0.983. The maximum Gasteiger partial charge on any atom is 0.270 e. The van der Waals surface area contributed by atoms with Gasteiger partial charge < -0.3 is 15.1 Å². The zero-order valence-corrected chi connectivity index (χ0v) is 15.0. The largest absolute Gasteiger partial charge is 0.351 e. The van der Waals surface area contributed by atoms with Crippen molar-refractivity contribution in [3.63, 3.8) is 0 Å². The molecule has 1 saturated heterocycles. The number of hydrogen-bond donors (Lipinski definition) is 1. The molecule has 0 radical (unpaired) electrons. The van der Waals surface area contributed by atoms with Crippen LogP contribution < -0.4 is 5.32 Å². The molecule has 0 aromatic carbocycles. The van der Waals surface area contributed by atoms with E-state index in [2.05, 4.69) is 32.5 Å². The van der Waals surface area contributed by atoms with Crippen molar-refractivity contribution in [3.05, 3.63) is 27.9 Å². The fourth-order valence-corrected chi connectivity index (χ4v) is 4.08. The minimum atomic E-state index is -0.0684. The van der Waals surface area contributed by atoms with E-state index in [0.29, 0.717) is 12.2 Å². The SMILES string of the molecule is CN1CCN(CCCNC(=O)c2csc(-c3ccsc3)n2)CC1. The number of rotatable bonds is 6. The van der Waals surface area contributed by atoms with Crippen LogP contribution >= 0.6 is 22.7 Å². The lowest BCUT2D eigenvalue weighted by atomic mass is 10.3. The summed E-state index contributed by atoms with van der Waals surface area (Å²) >= 11 is 3.16.